The van der Waals surface area contributed by atoms with Gasteiger partial charge in [-0.05, 0) is 23.8 Å². The number of nitrogens with two attached hydrogens (primary N) is 1. The summed E-state index contributed by atoms with van der Waals surface area (Å²) in [6.45, 7) is -0.314. The van der Waals surface area contributed by atoms with Crippen molar-refractivity contribution in [3.8, 4) is 11.5 Å². The molecule has 180 valence electrons. The van der Waals surface area contributed by atoms with E-state index in [4.69, 9.17) is 24.4 Å². The Labute approximate surface area is 194 Å². The van der Waals surface area contributed by atoms with Crippen LogP contribution in [0.3, 0.4) is 0 Å². The molecule has 2 aromatic carbocycles. The van der Waals surface area contributed by atoms with E-state index in [2.05, 4.69) is 0 Å². The van der Waals surface area contributed by atoms with Gasteiger partial charge in [0.05, 0.1) is 19.1 Å². The van der Waals surface area contributed by atoms with E-state index in [1.54, 1.807) is 18.2 Å². The van der Waals surface area contributed by atoms with Gasteiger partial charge in [0.1, 0.15) is 30.1 Å². The van der Waals surface area contributed by atoms with E-state index in [1.807, 2.05) is 30.3 Å². The highest BCUT2D eigenvalue weighted by Crippen LogP contribution is 2.35. The number of hydrogen-bond donors (Lipinski definition) is 4. The number of aliphatic hydroxyl groups is 3. The van der Waals surface area contributed by atoms with Crippen molar-refractivity contribution < 1.29 is 38.7 Å². The maximum atomic E-state index is 12.7. The van der Waals surface area contributed by atoms with Crippen molar-refractivity contribution in [3.05, 3.63) is 70.6 Å². The summed E-state index contributed by atoms with van der Waals surface area (Å²) in [5, 5.41) is 30.2. The molecule has 1 unspecified atom stereocenters. The number of carbonyl (C=O) groups excluding carboxylic acids is 1. The van der Waals surface area contributed by atoms with E-state index >= 15 is 0 Å². The first-order valence-electron chi connectivity index (χ1n) is 10.7. The Morgan fingerprint density at radius 3 is 2.62 bits per heavy atom. The maximum Gasteiger partial charge on any atom is 0.379 e. The van der Waals surface area contributed by atoms with Crippen molar-refractivity contribution >= 4 is 16.9 Å². The van der Waals surface area contributed by atoms with Crippen LogP contribution in [0.4, 0.5) is 0 Å². The van der Waals surface area contributed by atoms with Crippen LogP contribution in [0, 0.1) is 0 Å². The number of primary amides is 1. The number of rotatable bonds is 8. The van der Waals surface area contributed by atoms with E-state index in [9.17, 15) is 24.9 Å². The van der Waals surface area contributed by atoms with Crippen molar-refractivity contribution in [2.24, 2.45) is 5.73 Å². The molecule has 1 aliphatic rings. The lowest BCUT2D eigenvalue weighted by Crippen LogP contribution is -2.59. The van der Waals surface area contributed by atoms with Gasteiger partial charge in [0.15, 0.2) is 0 Å². The zero-order valence-corrected chi connectivity index (χ0v) is 18.1. The van der Waals surface area contributed by atoms with Gasteiger partial charge in [0, 0.05) is 17.9 Å². The normalized spacial score (nSPS) is 24.6. The molecule has 0 aliphatic carbocycles. The lowest BCUT2D eigenvalue weighted by molar-refractivity contribution is -0.292. The average Bonchev–Trinajstić information content (AvgIpc) is 2.81. The van der Waals surface area contributed by atoms with Gasteiger partial charge in [-0.15, -0.1) is 0 Å². The molecule has 0 spiro atoms. The second-order valence-corrected chi connectivity index (χ2v) is 8.13. The first-order chi connectivity index (χ1) is 16.3. The van der Waals surface area contributed by atoms with Crippen LogP contribution in [0.1, 0.15) is 18.4 Å². The zero-order chi connectivity index (χ0) is 24.3. The van der Waals surface area contributed by atoms with Crippen LogP contribution in [-0.2, 0) is 16.1 Å². The fourth-order valence-corrected chi connectivity index (χ4v) is 3.88. The van der Waals surface area contributed by atoms with E-state index in [1.165, 1.54) is 6.07 Å². The number of benzene rings is 2. The Kier molecular flexibility index (Phi) is 6.85. The van der Waals surface area contributed by atoms with Crippen LogP contribution < -0.4 is 20.8 Å². The van der Waals surface area contributed by atoms with E-state index in [0.717, 1.165) is 5.56 Å². The molecule has 0 saturated carbocycles. The van der Waals surface area contributed by atoms with E-state index < -0.39 is 48.7 Å². The molecule has 4 rings (SSSR count). The Bertz CT molecular complexity index is 1210. The van der Waals surface area contributed by atoms with Crippen molar-refractivity contribution in [1.29, 1.82) is 0 Å². The number of carbonyl (C=O) groups is 1. The lowest BCUT2D eigenvalue weighted by atomic mass is 9.93. The number of fused-ring (bicyclic) bond motifs is 1. The van der Waals surface area contributed by atoms with Crippen molar-refractivity contribution in [1.82, 2.24) is 0 Å². The Morgan fingerprint density at radius 1 is 1.15 bits per heavy atom. The monoisotopic (exact) mass is 471 g/mol. The maximum absolute atomic E-state index is 12.7. The fourth-order valence-electron chi connectivity index (χ4n) is 3.88. The lowest BCUT2D eigenvalue weighted by Gasteiger charge is -2.44. The number of ether oxygens (including phenoxy) is 3. The van der Waals surface area contributed by atoms with Gasteiger partial charge in [0.25, 0.3) is 0 Å². The van der Waals surface area contributed by atoms with Gasteiger partial charge >= 0.3 is 5.63 Å². The van der Waals surface area contributed by atoms with Crippen LogP contribution in [-0.4, -0.2) is 51.9 Å². The zero-order valence-electron chi connectivity index (χ0n) is 18.1. The SMILES string of the molecule is NC(=O)CC1(Oc2cc3ccc(OCc4ccccc4)cc3oc2=O)C[C@@H](O)[C@H](O)[C@@H](CO)O1. The quantitative estimate of drug-likeness (QED) is 0.349. The van der Waals surface area contributed by atoms with Crippen LogP contribution in [0.5, 0.6) is 11.5 Å². The van der Waals surface area contributed by atoms with Crippen molar-refractivity contribution in [3.63, 3.8) is 0 Å². The minimum Gasteiger partial charge on any atom is -0.489 e. The molecule has 4 atom stereocenters. The molecule has 34 heavy (non-hydrogen) atoms. The molecule has 10 heteroatoms. The highest BCUT2D eigenvalue weighted by Gasteiger charge is 2.49. The molecule has 0 radical (unpaired) electrons. The van der Waals surface area contributed by atoms with Gasteiger partial charge in [-0.2, -0.15) is 0 Å². The third kappa shape index (κ3) is 5.20. The predicted octanol–water partition coefficient (Wildman–Crippen LogP) is 0.825. The predicted molar refractivity (Wildman–Crippen MR) is 119 cm³/mol. The highest BCUT2D eigenvalue weighted by molar-refractivity contribution is 5.79. The first kappa shape index (κ1) is 23.7. The van der Waals surface area contributed by atoms with Gasteiger partial charge in [-0.25, -0.2) is 4.79 Å². The van der Waals surface area contributed by atoms with Crippen molar-refractivity contribution in [2.75, 3.05) is 6.61 Å². The summed E-state index contributed by atoms with van der Waals surface area (Å²) in [5.74, 6) is -2.49. The third-order valence-corrected chi connectivity index (χ3v) is 5.50. The molecule has 1 fully saturated rings. The van der Waals surface area contributed by atoms with Gasteiger partial charge in [-0.1, -0.05) is 30.3 Å². The largest absolute Gasteiger partial charge is 0.489 e. The molecule has 10 nitrogen and oxygen atoms in total. The first-order valence-corrected chi connectivity index (χ1v) is 10.7. The summed E-state index contributed by atoms with van der Waals surface area (Å²) in [7, 11) is 0. The van der Waals surface area contributed by atoms with Gasteiger partial charge < -0.3 is 39.7 Å². The van der Waals surface area contributed by atoms with Crippen LogP contribution in [0.15, 0.2) is 63.8 Å². The topological polar surface area (TPSA) is 162 Å². The number of hydrogen-bond acceptors (Lipinski definition) is 9. The highest BCUT2D eigenvalue weighted by atomic mass is 16.7. The minimum atomic E-state index is -1.88. The second-order valence-electron chi connectivity index (χ2n) is 8.13. The minimum absolute atomic E-state index is 0.250. The molecule has 1 saturated heterocycles. The second kappa shape index (κ2) is 9.82. The van der Waals surface area contributed by atoms with Gasteiger partial charge in [-0.3, -0.25) is 4.79 Å². The molecule has 5 N–H and O–H groups in total. The molecule has 1 aliphatic heterocycles. The van der Waals surface area contributed by atoms with Crippen LogP contribution in [0.25, 0.3) is 11.0 Å². The Balaban J connectivity index is 1.59. The molecule has 2 heterocycles. The molecule has 1 amide bonds. The summed E-state index contributed by atoms with van der Waals surface area (Å²) in [4.78, 5) is 24.3. The summed E-state index contributed by atoms with van der Waals surface area (Å²) >= 11 is 0. The summed E-state index contributed by atoms with van der Waals surface area (Å²) in [6, 6.07) is 15.9. The standard InChI is InChI=1S/C24H25NO9/c25-21(28)11-24(10-17(27)22(29)20(12-26)34-24)33-19-8-15-6-7-16(9-18(15)32-23(19)30)31-13-14-4-2-1-3-5-14/h1-9,17,20,22,26-27,29H,10-13H2,(H2,25,28)/t17-,20-,22+,24?/m1/s1. The Morgan fingerprint density at radius 2 is 1.91 bits per heavy atom. The number of amides is 1. The van der Waals surface area contributed by atoms with Crippen molar-refractivity contribution in [2.45, 2.75) is 43.5 Å². The third-order valence-electron chi connectivity index (χ3n) is 5.50. The number of aliphatic hydroxyl groups excluding tert-OH is 3. The molecular formula is C24H25NO9. The average molecular weight is 471 g/mol. The van der Waals surface area contributed by atoms with Crippen LogP contribution >= 0.6 is 0 Å². The van der Waals surface area contributed by atoms with Gasteiger partial charge in [0.2, 0.25) is 17.4 Å². The summed E-state index contributed by atoms with van der Waals surface area (Å²) in [5.41, 5.74) is 5.69. The molecule has 3 aromatic rings. The molecular weight excluding hydrogens is 446 g/mol. The van der Waals surface area contributed by atoms with E-state index in [-0.39, 0.29) is 17.8 Å². The summed E-state index contributed by atoms with van der Waals surface area (Å²) < 4.78 is 22.5. The Hall–Kier alpha value is -3.44. The van der Waals surface area contributed by atoms with Crippen LogP contribution in [0.2, 0.25) is 0 Å². The molecule has 0 bridgehead atoms. The fraction of sp³-hybridized carbons (Fsp3) is 0.333. The summed E-state index contributed by atoms with van der Waals surface area (Å²) in [6.07, 6.45) is -4.94. The smallest absolute Gasteiger partial charge is 0.379 e. The molecule has 1 aromatic heterocycles. The van der Waals surface area contributed by atoms with E-state index in [0.29, 0.717) is 17.7 Å².